The maximum atomic E-state index is 11.9. The first-order chi connectivity index (χ1) is 10.6. The summed E-state index contributed by atoms with van der Waals surface area (Å²) < 4.78 is 5.66. The van der Waals surface area contributed by atoms with Crippen molar-refractivity contribution in [1.82, 2.24) is 9.97 Å². The van der Waals surface area contributed by atoms with Crippen LogP contribution in [0.4, 0.5) is 0 Å². The van der Waals surface area contributed by atoms with Crippen molar-refractivity contribution in [2.24, 2.45) is 0 Å². The Morgan fingerprint density at radius 3 is 2.55 bits per heavy atom. The summed E-state index contributed by atoms with van der Waals surface area (Å²) in [6.45, 7) is 4.30. The second kappa shape index (κ2) is 7.75. The first-order valence-electron chi connectivity index (χ1n) is 7.55. The van der Waals surface area contributed by atoms with Crippen molar-refractivity contribution in [3.05, 3.63) is 57.3 Å². The van der Waals surface area contributed by atoms with Crippen molar-refractivity contribution in [3.63, 3.8) is 0 Å². The molecule has 0 saturated heterocycles. The van der Waals surface area contributed by atoms with Crippen molar-refractivity contribution in [1.29, 1.82) is 0 Å². The van der Waals surface area contributed by atoms with Crippen LogP contribution in [0.5, 0.6) is 5.75 Å². The molecule has 2 rings (SSSR count). The molecule has 0 saturated carbocycles. The van der Waals surface area contributed by atoms with Crippen LogP contribution in [0, 0.1) is 6.92 Å². The van der Waals surface area contributed by atoms with Crippen LogP contribution in [0.3, 0.4) is 0 Å². The van der Waals surface area contributed by atoms with Crippen molar-refractivity contribution in [3.8, 4) is 5.75 Å². The monoisotopic (exact) mass is 302 g/mol. The highest BCUT2D eigenvalue weighted by molar-refractivity contribution is 5.27. The average Bonchev–Trinajstić information content (AvgIpc) is 2.51. The predicted octanol–water partition coefficient (Wildman–Crippen LogP) is 1.80. The lowest BCUT2D eigenvalue weighted by Crippen LogP contribution is -2.21. The number of nitrogens with zero attached hydrogens (tertiary/aromatic N) is 1. The fourth-order valence-electron chi connectivity index (χ4n) is 2.28. The number of H-pyrrole nitrogens is 1. The maximum absolute atomic E-state index is 11.9. The van der Waals surface area contributed by atoms with E-state index in [1.807, 2.05) is 24.3 Å². The number of hydrogen-bond acceptors (Lipinski definition) is 4. The van der Waals surface area contributed by atoms with Gasteiger partial charge in [0.15, 0.2) is 0 Å². The quantitative estimate of drug-likeness (QED) is 0.818. The molecule has 0 radical (unpaired) electrons. The summed E-state index contributed by atoms with van der Waals surface area (Å²) in [6.07, 6.45) is 1.87. The molecule has 0 fully saturated rings. The Balaban J connectivity index is 1.95. The van der Waals surface area contributed by atoms with Gasteiger partial charge < -0.3 is 14.8 Å². The van der Waals surface area contributed by atoms with Crippen molar-refractivity contribution in [2.45, 2.75) is 33.1 Å². The molecule has 0 aliphatic carbocycles. The number of benzene rings is 1. The number of aliphatic hydroxyl groups is 1. The molecule has 5 nitrogen and oxygen atoms in total. The van der Waals surface area contributed by atoms with E-state index < -0.39 is 0 Å². The van der Waals surface area contributed by atoms with Gasteiger partial charge in [-0.25, -0.2) is 4.98 Å². The van der Waals surface area contributed by atoms with Crippen molar-refractivity contribution >= 4 is 0 Å². The number of nitrogens with one attached hydrogen (secondary N) is 1. The Hall–Kier alpha value is -2.14. The van der Waals surface area contributed by atoms with Gasteiger partial charge in [0.1, 0.15) is 11.6 Å². The molecule has 5 heteroatoms. The summed E-state index contributed by atoms with van der Waals surface area (Å²) in [5.41, 5.74) is 2.31. The summed E-state index contributed by atoms with van der Waals surface area (Å²) in [7, 11) is 0. The fraction of sp³-hybridized carbons (Fsp3) is 0.412. The van der Waals surface area contributed by atoms with Crippen LogP contribution in [0.15, 0.2) is 29.1 Å². The Morgan fingerprint density at radius 2 is 1.95 bits per heavy atom. The molecule has 2 N–H and O–H groups in total. The Kier molecular flexibility index (Phi) is 5.72. The number of rotatable bonds is 7. The molecule has 0 unspecified atom stereocenters. The molecule has 1 aromatic carbocycles. The van der Waals surface area contributed by atoms with Gasteiger partial charge in [-0.1, -0.05) is 19.1 Å². The molecule has 0 bridgehead atoms. The highest BCUT2D eigenvalue weighted by atomic mass is 16.5. The minimum absolute atomic E-state index is 0.0538. The zero-order chi connectivity index (χ0) is 15.9. The highest BCUT2D eigenvalue weighted by Crippen LogP contribution is 2.12. The molecule has 22 heavy (non-hydrogen) atoms. The first-order valence-corrected chi connectivity index (χ1v) is 7.55. The Labute approximate surface area is 130 Å². The Bertz CT molecular complexity index is 663. The minimum atomic E-state index is -0.177. The maximum Gasteiger partial charge on any atom is 0.254 e. The molecule has 1 aromatic heterocycles. The molecule has 0 atom stereocenters. The second-order valence-corrected chi connectivity index (χ2v) is 5.15. The van der Waals surface area contributed by atoms with Gasteiger partial charge in [-0.2, -0.15) is 0 Å². The van der Waals surface area contributed by atoms with Crippen LogP contribution < -0.4 is 10.3 Å². The Morgan fingerprint density at radius 1 is 1.23 bits per heavy atom. The van der Waals surface area contributed by atoms with Crippen LogP contribution >= 0.6 is 0 Å². The summed E-state index contributed by atoms with van der Waals surface area (Å²) >= 11 is 0. The molecule has 118 valence electrons. The van der Waals surface area contributed by atoms with E-state index >= 15 is 0 Å². The number of hydrogen-bond donors (Lipinski definition) is 2. The summed E-state index contributed by atoms with van der Waals surface area (Å²) in [4.78, 5) is 19.0. The van der Waals surface area contributed by atoms with Crippen LogP contribution in [0.2, 0.25) is 0 Å². The molecule has 0 aliphatic rings. The molecular formula is C17H22N2O3. The zero-order valence-electron chi connectivity index (χ0n) is 13.1. The van der Waals surface area contributed by atoms with E-state index in [0.29, 0.717) is 36.5 Å². The third-order valence-corrected chi connectivity index (χ3v) is 3.57. The lowest BCUT2D eigenvalue weighted by atomic mass is 10.2. The van der Waals surface area contributed by atoms with E-state index in [1.165, 1.54) is 5.56 Å². The summed E-state index contributed by atoms with van der Waals surface area (Å²) in [5.74, 6) is 1.42. The van der Waals surface area contributed by atoms with Crippen LogP contribution in [0.25, 0.3) is 0 Å². The van der Waals surface area contributed by atoms with E-state index in [0.717, 1.165) is 12.2 Å². The predicted molar refractivity (Wildman–Crippen MR) is 85.4 cm³/mol. The van der Waals surface area contributed by atoms with Crippen LogP contribution in [-0.2, 0) is 19.3 Å². The summed E-state index contributed by atoms with van der Waals surface area (Å²) in [5, 5.41) is 8.94. The number of aromatic nitrogens is 2. The second-order valence-electron chi connectivity index (χ2n) is 5.15. The third-order valence-electron chi connectivity index (χ3n) is 3.57. The van der Waals surface area contributed by atoms with Gasteiger partial charge in [-0.15, -0.1) is 0 Å². The smallest absolute Gasteiger partial charge is 0.254 e. The number of aryl methyl sites for hydroxylation is 2. The molecule has 2 aromatic rings. The van der Waals surface area contributed by atoms with Gasteiger partial charge in [0.2, 0.25) is 0 Å². The lowest BCUT2D eigenvalue weighted by Gasteiger charge is -2.08. The largest absolute Gasteiger partial charge is 0.493 e. The topological polar surface area (TPSA) is 75.2 Å². The molecule has 1 heterocycles. The highest BCUT2D eigenvalue weighted by Gasteiger charge is 2.07. The van der Waals surface area contributed by atoms with E-state index in [1.54, 1.807) is 6.92 Å². The number of ether oxygens (including phenoxy) is 1. The van der Waals surface area contributed by atoms with Crippen molar-refractivity contribution < 1.29 is 9.84 Å². The van der Waals surface area contributed by atoms with Gasteiger partial charge >= 0.3 is 0 Å². The SMILES string of the molecule is CCc1ccc(OCCc2nc(C)c(CCO)c(=O)[nH]2)cc1. The van der Waals surface area contributed by atoms with Crippen molar-refractivity contribution in [2.75, 3.05) is 13.2 Å². The van der Waals surface area contributed by atoms with Gasteiger partial charge in [0, 0.05) is 30.7 Å². The number of aliphatic hydroxyl groups excluding tert-OH is 1. The van der Waals surface area contributed by atoms with Crippen LogP contribution in [-0.4, -0.2) is 28.3 Å². The average molecular weight is 302 g/mol. The van der Waals surface area contributed by atoms with Crippen LogP contribution in [0.1, 0.15) is 29.6 Å². The van der Waals surface area contributed by atoms with E-state index in [4.69, 9.17) is 9.84 Å². The van der Waals surface area contributed by atoms with E-state index in [9.17, 15) is 4.79 Å². The number of aromatic amines is 1. The van der Waals surface area contributed by atoms with Gasteiger partial charge in [-0.3, -0.25) is 4.79 Å². The fourth-order valence-corrected chi connectivity index (χ4v) is 2.28. The van der Waals surface area contributed by atoms with E-state index in [-0.39, 0.29) is 12.2 Å². The normalized spacial score (nSPS) is 10.7. The molecular weight excluding hydrogens is 280 g/mol. The van der Waals surface area contributed by atoms with E-state index in [2.05, 4.69) is 16.9 Å². The summed E-state index contributed by atoms with van der Waals surface area (Å²) in [6, 6.07) is 7.99. The molecule has 0 spiro atoms. The van der Waals surface area contributed by atoms with Gasteiger partial charge in [0.05, 0.1) is 6.61 Å². The lowest BCUT2D eigenvalue weighted by molar-refractivity contribution is 0.298. The van der Waals surface area contributed by atoms with Gasteiger partial charge in [-0.05, 0) is 31.0 Å². The minimum Gasteiger partial charge on any atom is -0.493 e. The third kappa shape index (κ3) is 4.18. The standard InChI is InChI=1S/C17H22N2O3/c1-3-13-4-6-14(7-5-13)22-11-9-16-18-12(2)15(8-10-20)17(21)19-16/h4-7,20H,3,8-11H2,1-2H3,(H,18,19,21). The molecule has 0 aliphatic heterocycles. The first kappa shape index (κ1) is 16.2. The van der Waals surface area contributed by atoms with Gasteiger partial charge in [0.25, 0.3) is 5.56 Å². The zero-order valence-corrected chi connectivity index (χ0v) is 13.1. The molecule has 0 amide bonds.